The molecular weight excluding hydrogens is 241 g/mol. The number of nitrogens with one attached hydrogen (secondary N) is 2. The lowest BCUT2D eigenvalue weighted by molar-refractivity contribution is 0.646. The minimum atomic E-state index is -0.277. The van der Waals surface area contributed by atoms with Crippen molar-refractivity contribution in [3.8, 4) is 0 Å². The van der Waals surface area contributed by atoms with E-state index in [1.54, 1.807) is 13.2 Å². The zero-order valence-electron chi connectivity index (χ0n) is 7.84. The van der Waals surface area contributed by atoms with Crippen molar-refractivity contribution >= 4 is 35.0 Å². The van der Waals surface area contributed by atoms with Gasteiger partial charge in [-0.2, -0.15) is 0 Å². The lowest BCUT2D eigenvalue weighted by Crippen LogP contribution is -2.32. The van der Waals surface area contributed by atoms with Gasteiger partial charge in [-0.1, -0.05) is 35.0 Å². The average molecular weight is 252 g/mol. The van der Waals surface area contributed by atoms with Gasteiger partial charge in [0, 0.05) is 6.20 Å². The number of pyridine rings is 1. The molecule has 0 fully saturated rings. The summed E-state index contributed by atoms with van der Waals surface area (Å²) in [5.74, 6) is 0. The van der Waals surface area contributed by atoms with Gasteiger partial charge in [0.15, 0.2) is 0 Å². The SMILES string of the molecule is CNNC(Cl)Sc1c(C)ccnc1Cl. The third-order valence-electron chi connectivity index (χ3n) is 1.54. The van der Waals surface area contributed by atoms with Gasteiger partial charge in [-0.25, -0.2) is 10.4 Å². The van der Waals surface area contributed by atoms with Crippen molar-refractivity contribution in [2.24, 2.45) is 0 Å². The molecule has 0 aliphatic rings. The Hall–Kier alpha value is -0.000000000000000111. The highest BCUT2D eigenvalue weighted by atomic mass is 35.5. The first kappa shape index (κ1) is 12.1. The van der Waals surface area contributed by atoms with Gasteiger partial charge < -0.3 is 0 Å². The highest BCUT2D eigenvalue weighted by Gasteiger charge is 2.11. The van der Waals surface area contributed by atoms with Crippen LogP contribution >= 0.6 is 35.0 Å². The Morgan fingerprint density at radius 2 is 2.29 bits per heavy atom. The van der Waals surface area contributed by atoms with Gasteiger partial charge >= 0.3 is 0 Å². The largest absolute Gasteiger partial charge is 0.259 e. The summed E-state index contributed by atoms with van der Waals surface area (Å²) < 4.78 is 0. The lowest BCUT2D eigenvalue weighted by Gasteiger charge is -2.12. The van der Waals surface area contributed by atoms with Gasteiger partial charge in [-0.05, 0) is 25.6 Å². The van der Waals surface area contributed by atoms with Gasteiger partial charge in [0.2, 0.25) is 0 Å². The number of aryl methyl sites for hydroxylation is 1. The van der Waals surface area contributed by atoms with E-state index in [9.17, 15) is 0 Å². The van der Waals surface area contributed by atoms with E-state index in [-0.39, 0.29) is 4.83 Å². The van der Waals surface area contributed by atoms with Crippen molar-refractivity contribution < 1.29 is 0 Å². The van der Waals surface area contributed by atoms with Crippen LogP contribution in [0.2, 0.25) is 5.15 Å². The van der Waals surface area contributed by atoms with Gasteiger partial charge in [0.05, 0.1) is 4.90 Å². The van der Waals surface area contributed by atoms with Crippen molar-refractivity contribution in [1.82, 2.24) is 15.8 Å². The summed E-state index contributed by atoms with van der Waals surface area (Å²) >= 11 is 13.3. The molecule has 14 heavy (non-hydrogen) atoms. The first-order valence-corrected chi connectivity index (χ1v) is 5.68. The zero-order valence-corrected chi connectivity index (χ0v) is 10.2. The Kier molecular flexibility index (Phi) is 4.98. The van der Waals surface area contributed by atoms with Crippen LogP contribution in [0, 0.1) is 6.92 Å². The fourth-order valence-corrected chi connectivity index (χ4v) is 2.40. The minimum absolute atomic E-state index is 0.277. The quantitative estimate of drug-likeness (QED) is 0.215. The molecule has 1 atom stereocenters. The van der Waals surface area contributed by atoms with Crippen molar-refractivity contribution in [3.05, 3.63) is 23.0 Å². The van der Waals surface area contributed by atoms with Crippen LogP contribution in [-0.2, 0) is 0 Å². The second kappa shape index (κ2) is 5.78. The summed E-state index contributed by atoms with van der Waals surface area (Å²) in [4.78, 5) is 4.61. The number of aromatic nitrogens is 1. The van der Waals surface area contributed by atoms with E-state index in [2.05, 4.69) is 15.8 Å². The van der Waals surface area contributed by atoms with E-state index in [4.69, 9.17) is 23.2 Å². The smallest absolute Gasteiger partial charge is 0.146 e. The average Bonchev–Trinajstić information content (AvgIpc) is 2.12. The Labute approximate surface area is 97.5 Å². The molecular formula is C8H11Cl2N3S. The van der Waals surface area contributed by atoms with Gasteiger partial charge in [-0.3, -0.25) is 5.43 Å². The van der Waals surface area contributed by atoms with Gasteiger partial charge in [-0.15, -0.1) is 0 Å². The van der Waals surface area contributed by atoms with Crippen LogP contribution in [0.1, 0.15) is 5.56 Å². The molecule has 1 heterocycles. The van der Waals surface area contributed by atoms with E-state index >= 15 is 0 Å². The number of hydrogen-bond acceptors (Lipinski definition) is 4. The first-order chi connectivity index (χ1) is 6.65. The van der Waals surface area contributed by atoms with Crippen molar-refractivity contribution in [2.45, 2.75) is 16.7 Å². The summed E-state index contributed by atoms with van der Waals surface area (Å²) in [6, 6.07) is 1.90. The van der Waals surface area contributed by atoms with Crippen LogP contribution in [0.25, 0.3) is 0 Å². The van der Waals surface area contributed by atoms with Gasteiger partial charge in [0.1, 0.15) is 9.99 Å². The predicted molar refractivity (Wildman–Crippen MR) is 61.7 cm³/mol. The molecule has 0 bridgehead atoms. The van der Waals surface area contributed by atoms with Crippen molar-refractivity contribution in [1.29, 1.82) is 0 Å². The highest BCUT2D eigenvalue weighted by molar-refractivity contribution is 8.01. The zero-order chi connectivity index (χ0) is 10.6. The van der Waals surface area contributed by atoms with E-state index in [0.717, 1.165) is 10.5 Å². The maximum Gasteiger partial charge on any atom is 0.146 e. The molecule has 0 amide bonds. The second-order valence-electron chi connectivity index (χ2n) is 2.58. The second-order valence-corrected chi connectivity index (χ2v) is 4.74. The molecule has 1 aromatic rings. The summed E-state index contributed by atoms with van der Waals surface area (Å²) in [6.07, 6.45) is 1.68. The van der Waals surface area contributed by atoms with Gasteiger partial charge in [0.25, 0.3) is 0 Å². The van der Waals surface area contributed by atoms with Crippen LogP contribution in [0.4, 0.5) is 0 Å². The van der Waals surface area contributed by atoms with E-state index in [0.29, 0.717) is 5.15 Å². The number of alkyl halides is 1. The van der Waals surface area contributed by atoms with Crippen molar-refractivity contribution in [3.63, 3.8) is 0 Å². The van der Waals surface area contributed by atoms with Crippen LogP contribution < -0.4 is 10.9 Å². The third kappa shape index (κ3) is 3.29. The van der Waals surface area contributed by atoms with E-state index < -0.39 is 0 Å². The Morgan fingerprint density at radius 3 is 2.86 bits per heavy atom. The van der Waals surface area contributed by atoms with E-state index in [1.165, 1.54) is 11.8 Å². The fourth-order valence-electron chi connectivity index (χ4n) is 0.900. The molecule has 6 heteroatoms. The molecule has 0 radical (unpaired) electrons. The molecule has 0 saturated carbocycles. The van der Waals surface area contributed by atoms with Crippen LogP contribution in [0.3, 0.4) is 0 Å². The number of hydrazine groups is 1. The summed E-state index contributed by atoms with van der Waals surface area (Å²) in [6.45, 7) is 1.97. The molecule has 0 aliphatic carbocycles. The number of thioether (sulfide) groups is 1. The Morgan fingerprint density at radius 1 is 1.57 bits per heavy atom. The topological polar surface area (TPSA) is 37.0 Å². The van der Waals surface area contributed by atoms with Crippen molar-refractivity contribution in [2.75, 3.05) is 7.05 Å². The fraction of sp³-hybridized carbons (Fsp3) is 0.375. The molecule has 0 aliphatic heterocycles. The number of hydrogen-bond donors (Lipinski definition) is 2. The molecule has 1 rings (SSSR count). The maximum absolute atomic E-state index is 5.96. The molecule has 2 N–H and O–H groups in total. The third-order valence-corrected chi connectivity index (χ3v) is 3.39. The molecule has 1 unspecified atom stereocenters. The van der Waals surface area contributed by atoms with E-state index in [1.807, 2.05) is 13.0 Å². The number of rotatable bonds is 4. The lowest BCUT2D eigenvalue weighted by atomic mass is 10.3. The monoisotopic (exact) mass is 251 g/mol. The maximum atomic E-state index is 5.96. The number of halogens is 2. The minimum Gasteiger partial charge on any atom is -0.259 e. The molecule has 0 aromatic carbocycles. The Balaban J connectivity index is 2.75. The summed E-state index contributed by atoms with van der Waals surface area (Å²) in [7, 11) is 1.76. The van der Waals surface area contributed by atoms with Crippen LogP contribution in [0.15, 0.2) is 17.2 Å². The summed E-state index contributed by atoms with van der Waals surface area (Å²) in [5.41, 5.74) is 6.67. The normalized spacial score (nSPS) is 12.9. The predicted octanol–water partition coefficient (Wildman–Crippen LogP) is 2.38. The molecule has 78 valence electrons. The molecule has 0 spiro atoms. The molecule has 1 aromatic heterocycles. The summed E-state index contributed by atoms with van der Waals surface area (Å²) in [5, 5.41) is 0.485. The standard InChI is InChI=1S/C8H11Cl2N3S/c1-5-3-4-12-7(9)6(5)14-8(10)13-11-2/h3-4,8,11,13H,1-2H3. The number of nitrogens with zero attached hydrogens (tertiary/aromatic N) is 1. The van der Waals surface area contributed by atoms with Crippen LogP contribution in [0.5, 0.6) is 0 Å². The Bertz CT molecular complexity index is 288. The molecule has 3 nitrogen and oxygen atoms in total. The molecule has 0 saturated heterocycles. The first-order valence-electron chi connectivity index (χ1n) is 3.99. The van der Waals surface area contributed by atoms with Crippen LogP contribution in [-0.4, -0.2) is 16.9 Å². The highest BCUT2D eigenvalue weighted by Crippen LogP contribution is 2.31.